The molecule has 0 bridgehead atoms. The van der Waals surface area contributed by atoms with E-state index in [-0.39, 0.29) is 11.8 Å². The molecule has 0 unspecified atom stereocenters. The second-order valence-electron chi connectivity index (χ2n) is 8.56. The highest BCUT2D eigenvalue weighted by molar-refractivity contribution is 5.79. The Hall–Kier alpha value is -1.14. The molecule has 0 atom stereocenters. The Morgan fingerprint density at radius 1 is 0.846 bits per heavy atom. The van der Waals surface area contributed by atoms with Crippen LogP contribution in [0.2, 0.25) is 0 Å². The van der Waals surface area contributed by atoms with Crippen molar-refractivity contribution in [3.8, 4) is 0 Å². The van der Waals surface area contributed by atoms with Gasteiger partial charge in [0.05, 0.1) is 13.1 Å². The molecule has 3 fully saturated rings. The van der Waals surface area contributed by atoms with Crippen molar-refractivity contribution < 1.29 is 9.59 Å². The van der Waals surface area contributed by atoms with Gasteiger partial charge in [0.15, 0.2) is 0 Å². The first-order valence-electron chi connectivity index (χ1n) is 10.5. The third-order valence-electron chi connectivity index (χ3n) is 6.57. The highest BCUT2D eigenvalue weighted by Crippen LogP contribution is 2.26. The molecule has 0 spiro atoms. The minimum Gasteiger partial charge on any atom is -0.342 e. The lowest BCUT2D eigenvalue weighted by Gasteiger charge is -2.37. The quantitative estimate of drug-likeness (QED) is 0.737. The van der Waals surface area contributed by atoms with Crippen molar-refractivity contribution in [1.82, 2.24) is 19.6 Å². The lowest BCUT2D eigenvalue weighted by Crippen LogP contribution is -2.52. The van der Waals surface area contributed by atoms with E-state index in [4.69, 9.17) is 0 Å². The fourth-order valence-electron chi connectivity index (χ4n) is 4.50. The Bertz CT molecular complexity index is 476. The summed E-state index contributed by atoms with van der Waals surface area (Å²) in [6.45, 7) is 8.78. The maximum Gasteiger partial charge on any atom is 0.236 e. The Kier molecular flexibility index (Phi) is 6.92. The molecule has 1 saturated carbocycles. The molecule has 148 valence electrons. The predicted octanol–water partition coefficient (Wildman–Crippen LogP) is 1.26. The summed E-state index contributed by atoms with van der Waals surface area (Å²) in [4.78, 5) is 33.4. The van der Waals surface area contributed by atoms with Crippen LogP contribution in [0, 0.1) is 5.92 Å². The number of nitrogens with zero attached hydrogens (tertiary/aromatic N) is 4. The van der Waals surface area contributed by atoms with Crippen molar-refractivity contribution in [3.05, 3.63) is 0 Å². The highest BCUT2D eigenvalue weighted by Gasteiger charge is 2.28. The van der Waals surface area contributed by atoms with E-state index in [9.17, 15) is 9.59 Å². The molecule has 2 heterocycles. The first kappa shape index (κ1) is 19.6. The zero-order chi connectivity index (χ0) is 18.5. The molecule has 1 aliphatic carbocycles. The molecule has 0 radical (unpaired) electrons. The van der Waals surface area contributed by atoms with E-state index >= 15 is 0 Å². The van der Waals surface area contributed by atoms with E-state index in [1.54, 1.807) is 0 Å². The molecule has 6 heteroatoms. The lowest BCUT2D eigenvalue weighted by molar-refractivity contribution is -0.135. The van der Waals surface area contributed by atoms with Gasteiger partial charge in [0.2, 0.25) is 11.8 Å². The summed E-state index contributed by atoms with van der Waals surface area (Å²) in [5, 5.41) is 0. The second-order valence-corrected chi connectivity index (χ2v) is 8.56. The van der Waals surface area contributed by atoms with E-state index in [0.29, 0.717) is 19.1 Å². The summed E-state index contributed by atoms with van der Waals surface area (Å²) in [6.07, 6.45) is 7.08. The second kappa shape index (κ2) is 9.18. The monoisotopic (exact) mass is 364 g/mol. The van der Waals surface area contributed by atoms with Gasteiger partial charge in [-0.1, -0.05) is 6.92 Å². The van der Waals surface area contributed by atoms with Crippen LogP contribution in [-0.2, 0) is 9.59 Å². The van der Waals surface area contributed by atoms with Crippen LogP contribution >= 0.6 is 0 Å². The number of likely N-dealkylation sites (tertiary alicyclic amines) is 1. The molecule has 3 aliphatic rings. The minimum absolute atomic E-state index is 0.256. The van der Waals surface area contributed by atoms with Crippen molar-refractivity contribution in [2.75, 3.05) is 59.4 Å². The van der Waals surface area contributed by atoms with Crippen LogP contribution in [-0.4, -0.2) is 96.9 Å². The van der Waals surface area contributed by atoms with Gasteiger partial charge in [0, 0.05) is 52.4 Å². The maximum absolute atomic E-state index is 12.6. The van der Waals surface area contributed by atoms with E-state index in [1.165, 1.54) is 12.8 Å². The third-order valence-corrected chi connectivity index (χ3v) is 6.57. The average Bonchev–Trinajstić information content (AvgIpc) is 3.18. The molecular weight excluding hydrogens is 328 g/mol. The van der Waals surface area contributed by atoms with E-state index in [2.05, 4.69) is 16.7 Å². The SMILES string of the molecule is CC1CCC(N(C)C(=O)CN2CCN(CC(=O)N3CCCC3)CC2)CC1. The van der Waals surface area contributed by atoms with Gasteiger partial charge in [0.25, 0.3) is 0 Å². The summed E-state index contributed by atoms with van der Waals surface area (Å²) < 4.78 is 0. The van der Waals surface area contributed by atoms with Crippen molar-refractivity contribution in [2.24, 2.45) is 5.92 Å². The molecule has 6 nitrogen and oxygen atoms in total. The topological polar surface area (TPSA) is 47.1 Å². The number of carbonyl (C=O) groups excluding carboxylic acids is 2. The summed E-state index contributed by atoms with van der Waals surface area (Å²) >= 11 is 0. The molecule has 3 rings (SSSR count). The number of piperazine rings is 1. The predicted molar refractivity (Wildman–Crippen MR) is 103 cm³/mol. The number of rotatable bonds is 5. The maximum atomic E-state index is 12.6. The van der Waals surface area contributed by atoms with Crippen LogP contribution < -0.4 is 0 Å². The van der Waals surface area contributed by atoms with Crippen LogP contribution in [0.3, 0.4) is 0 Å². The lowest BCUT2D eigenvalue weighted by atomic mass is 9.87. The molecule has 2 amide bonds. The van der Waals surface area contributed by atoms with E-state index in [1.807, 2.05) is 16.8 Å². The third kappa shape index (κ3) is 5.19. The number of hydrogen-bond acceptors (Lipinski definition) is 4. The number of likely N-dealkylation sites (N-methyl/N-ethyl adjacent to an activating group) is 1. The Balaban J connectivity index is 1.36. The van der Waals surface area contributed by atoms with Crippen LogP contribution in [0.1, 0.15) is 45.4 Å². The highest BCUT2D eigenvalue weighted by atomic mass is 16.2. The summed E-state index contributed by atoms with van der Waals surface area (Å²) in [5.41, 5.74) is 0. The van der Waals surface area contributed by atoms with Crippen LogP contribution in [0.25, 0.3) is 0 Å². The van der Waals surface area contributed by atoms with Gasteiger partial charge in [-0.25, -0.2) is 0 Å². The van der Waals surface area contributed by atoms with Gasteiger partial charge in [0.1, 0.15) is 0 Å². The number of hydrogen-bond donors (Lipinski definition) is 0. The van der Waals surface area contributed by atoms with Crippen LogP contribution in [0.15, 0.2) is 0 Å². The standard InChI is InChI=1S/C20H36N4O2/c1-17-5-7-18(8-6-17)21(2)19(25)15-22-11-13-23(14-12-22)16-20(26)24-9-3-4-10-24/h17-18H,3-16H2,1-2H3. The number of amides is 2. The molecule has 2 aliphatic heterocycles. The van der Waals surface area contributed by atoms with E-state index in [0.717, 1.165) is 70.9 Å². The zero-order valence-corrected chi connectivity index (χ0v) is 16.7. The first-order valence-corrected chi connectivity index (χ1v) is 10.5. The molecule has 0 aromatic heterocycles. The first-order chi connectivity index (χ1) is 12.5. The normalized spacial score (nSPS) is 28.3. The molecule has 26 heavy (non-hydrogen) atoms. The van der Waals surface area contributed by atoms with Gasteiger partial charge >= 0.3 is 0 Å². The van der Waals surface area contributed by atoms with Crippen molar-refractivity contribution in [1.29, 1.82) is 0 Å². The Labute approximate surface area is 158 Å². The molecule has 0 N–H and O–H groups in total. The fourth-order valence-corrected chi connectivity index (χ4v) is 4.50. The summed E-state index contributed by atoms with van der Waals surface area (Å²) in [5.74, 6) is 1.34. The zero-order valence-electron chi connectivity index (χ0n) is 16.7. The van der Waals surface area contributed by atoms with Crippen LogP contribution in [0.4, 0.5) is 0 Å². The Morgan fingerprint density at radius 3 is 1.96 bits per heavy atom. The molecule has 0 aromatic rings. The Morgan fingerprint density at radius 2 is 1.38 bits per heavy atom. The van der Waals surface area contributed by atoms with Crippen molar-refractivity contribution in [2.45, 2.75) is 51.5 Å². The van der Waals surface area contributed by atoms with Gasteiger partial charge in [-0.05, 0) is 44.4 Å². The minimum atomic E-state index is 0.256. The average molecular weight is 365 g/mol. The van der Waals surface area contributed by atoms with Gasteiger partial charge in [-0.3, -0.25) is 19.4 Å². The van der Waals surface area contributed by atoms with Crippen molar-refractivity contribution >= 4 is 11.8 Å². The summed E-state index contributed by atoms with van der Waals surface area (Å²) in [6, 6.07) is 0.429. The summed E-state index contributed by atoms with van der Waals surface area (Å²) in [7, 11) is 1.98. The van der Waals surface area contributed by atoms with Gasteiger partial charge in [-0.15, -0.1) is 0 Å². The van der Waals surface area contributed by atoms with Gasteiger partial charge < -0.3 is 9.80 Å². The molecule has 0 aromatic carbocycles. The van der Waals surface area contributed by atoms with Crippen molar-refractivity contribution in [3.63, 3.8) is 0 Å². The smallest absolute Gasteiger partial charge is 0.236 e. The largest absolute Gasteiger partial charge is 0.342 e. The van der Waals surface area contributed by atoms with Gasteiger partial charge in [-0.2, -0.15) is 0 Å². The van der Waals surface area contributed by atoms with Crippen LogP contribution in [0.5, 0.6) is 0 Å². The fraction of sp³-hybridized carbons (Fsp3) is 0.900. The molecule has 2 saturated heterocycles. The van der Waals surface area contributed by atoms with E-state index < -0.39 is 0 Å². The molecular formula is C20H36N4O2. The number of carbonyl (C=O) groups is 2.